The van der Waals surface area contributed by atoms with E-state index in [0.717, 1.165) is 4.47 Å². The number of amides is 1. The molecule has 0 saturated carbocycles. The third-order valence-corrected chi connectivity index (χ3v) is 3.62. The van der Waals surface area contributed by atoms with E-state index in [-0.39, 0.29) is 11.1 Å². The van der Waals surface area contributed by atoms with Crippen LogP contribution in [0.25, 0.3) is 0 Å². The van der Waals surface area contributed by atoms with Gasteiger partial charge in [0.05, 0.1) is 11.4 Å². The van der Waals surface area contributed by atoms with Crippen LogP contribution in [0.4, 0.5) is 11.4 Å². The first-order valence-electron chi connectivity index (χ1n) is 4.53. The fourth-order valence-corrected chi connectivity index (χ4v) is 2.39. The second kappa shape index (κ2) is 5.03. The summed E-state index contributed by atoms with van der Waals surface area (Å²) in [5.74, 6) is -0.292. The molecule has 2 aromatic rings. The molecule has 0 radical (unpaired) electrons. The van der Waals surface area contributed by atoms with Gasteiger partial charge in [-0.3, -0.25) is 4.79 Å². The van der Waals surface area contributed by atoms with Crippen molar-refractivity contribution in [2.24, 2.45) is 0 Å². The Bertz CT molecular complexity index is 572. The van der Waals surface area contributed by atoms with Crippen molar-refractivity contribution in [2.45, 2.75) is 0 Å². The highest BCUT2D eigenvalue weighted by Crippen LogP contribution is 2.25. The zero-order valence-corrected chi connectivity index (χ0v) is 11.6. The molecule has 0 aromatic carbocycles. The molecule has 0 spiro atoms. The summed E-state index contributed by atoms with van der Waals surface area (Å²) < 4.78 is 0.733. The molecule has 3 N–H and O–H groups in total. The Morgan fingerprint density at radius 3 is 3.00 bits per heavy atom. The molecular weight excluding hydrogens is 326 g/mol. The molecule has 2 aromatic heterocycles. The Morgan fingerprint density at radius 2 is 2.35 bits per heavy atom. The number of carbonyl (C=O) groups is 1. The summed E-state index contributed by atoms with van der Waals surface area (Å²) in [6.45, 7) is 0. The first kappa shape index (κ1) is 12.3. The monoisotopic (exact) mass is 331 g/mol. The van der Waals surface area contributed by atoms with E-state index in [9.17, 15) is 4.79 Å². The molecule has 0 aliphatic rings. The van der Waals surface area contributed by atoms with Crippen LogP contribution in [0.15, 0.2) is 28.2 Å². The molecule has 0 unspecified atom stereocenters. The number of halogens is 2. The molecule has 17 heavy (non-hydrogen) atoms. The van der Waals surface area contributed by atoms with Crippen LogP contribution in [0.1, 0.15) is 9.67 Å². The van der Waals surface area contributed by atoms with Crippen molar-refractivity contribution in [3.05, 3.63) is 38.2 Å². The summed E-state index contributed by atoms with van der Waals surface area (Å²) in [5.41, 5.74) is 6.55. The molecule has 2 heterocycles. The Hall–Kier alpha value is -1.11. The number of nitrogen functional groups attached to an aromatic ring is 1. The standard InChI is InChI=1S/C10H7BrClN3OS/c11-5-3-7(9(12)14-4-5)15-10(16)8-6(13)1-2-17-8/h1-4H,13H2,(H,15,16). The van der Waals surface area contributed by atoms with E-state index in [1.807, 2.05) is 0 Å². The van der Waals surface area contributed by atoms with Crippen molar-refractivity contribution in [3.63, 3.8) is 0 Å². The third kappa shape index (κ3) is 2.77. The summed E-state index contributed by atoms with van der Waals surface area (Å²) in [6, 6.07) is 3.36. The summed E-state index contributed by atoms with van der Waals surface area (Å²) in [6.07, 6.45) is 1.55. The number of anilines is 2. The quantitative estimate of drug-likeness (QED) is 0.828. The average molecular weight is 333 g/mol. The largest absolute Gasteiger partial charge is 0.397 e. The van der Waals surface area contributed by atoms with Crippen molar-refractivity contribution in [1.82, 2.24) is 4.98 Å². The smallest absolute Gasteiger partial charge is 0.267 e. The maximum absolute atomic E-state index is 11.9. The van der Waals surface area contributed by atoms with Crippen LogP contribution < -0.4 is 11.1 Å². The molecule has 0 aliphatic carbocycles. The summed E-state index contributed by atoms with van der Waals surface area (Å²) in [7, 11) is 0. The van der Waals surface area contributed by atoms with Crippen LogP contribution in [-0.4, -0.2) is 10.9 Å². The van der Waals surface area contributed by atoms with E-state index in [2.05, 4.69) is 26.2 Å². The number of hydrogen-bond donors (Lipinski definition) is 2. The van der Waals surface area contributed by atoms with Crippen molar-refractivity contribution in [1.29, 1.82) is 0 Å². The first-order valence-corrected chi connectivity index (χ1v) is 6.58. The van der Waals surface area contributed by atoms with Gasteiger partial charge in [0, 0.05) is 10.7 Å². The van der Waals surface area contributed by atoms with Gasteiger partial charge in [0.15, 0.2) is 5.15 Å². The van der Waals surface area contributed by atoms with Crippen LogP contribution in [0.3, 0.4) is 0 Å². The molecule has 2 rings (SSSR count). The molecule has 4 nitrogen and oxygen atoms in total. The second-order valence-corrected chi connectivity index (χ2v) is 5.34. The molecule has 0 aliphatic heterocycles. The van der Waals surface area contributed by atoms with E-state index in [1.54, 1.807) is 23.7 Å². The van der Waals surface area contributed by atoms with Crippen LogP contribution in [-0.2, 0) is 0 Å². The van der Waals surface area contributed by atoms with Crippen LogP contribution in [0.5, 0.6) is 0 Å². The highest BCUT2D eigenvalue weighted by atomic mass is 79.9. The maximum atomic E-state index is 11.9. The number of nitrogens with one attached hydrogen (secondary N) is 1. The van der Waals surface area contributed by atoms with E-state index >= 15 is 0 Å². The van der Waals surface area contributed by atoms with Gasteiger partial charge in [0.25, 0.3) is 5.91 Å². The van der Waals surface area contributed by atoms with Gasteiger partial charge in [0.2, 0.25) is 0 Å². The molecular formula is C10H7BrClN3OS. The van der Waals surface area contributed by atoms with E-state index in [4.69, 9.17) is 17.3 Å². The van der Waals surface area contributed by atoms with Gasteiger partial charge in [-0.2, -0.15) is 0 Å². The van der Waals surface area contributed by atoms with Crippen LogP contribution in [0.2, 0.25) is 5.15 Å². The lowest BCUT2D eigenvalue weighted by Gasteiger charge is -2.06. The van der Waals surface area contributed by atoms with E-state index in [1.165, 1.54) is 11.3 Å². The molecule has 0 bridgehead atoms. The minimum atomic E-state index is -0.292. The Labute approximate surface area is 115 Å². The van der Waals surface area contributed by atoms with Gasteiger partial charge in [-0.05, 0) is 33.4 Å². The van der Waals surface area contributed by atoms with Gasteiger partial charge < -0.3 is 11.1 Å². The van der Waals surface area contributed by atoms with Crippen LogP contribution >= 0.6 is 38.9 Å². The summed E-state index contributed by atoms with van der Waals surface area (Å²) in [4.78, 5) is 16.2. The Morgan fingerprint density at radius 1 is 1.59 bits per heavy atom. The lowest BCUT2D eigenvalue weighted by atomic mass is 10.3. The molecule has 88 valence electrons. The van der Waals surface area contributed by atoms with Gasteiger partial charge in [0.1, 0.15) is 4.88 Å². The number of carbonyl (C=O) groups excluding carboxylic acids is 1. The zero-order chi connectivity index (χ0) is 12.4. The van der Waals surface area contributed by atoms with Gasteiger partial charge >= 0.3 is 0 Å². The number of aromatic nitrogens is 1. The van der Waals surface area contributed by atoms with E-state index in [0.29, 0.717) is 16.3 Å². The molecule has 0 atom stereocenters. The third-order valence-electron chi connectivity index (χ3n) is 1.96. The maximum Gasteiger partial charge on any atom is 0.267 e. The number of thiophene rings is 1. The number of nitrogens with zero attached hydrogens (tertiary/aromatic N) is 1. The van der Waals surface area contributed by atoms with E-state index < -0.39 is 0 Å². The minimum Gasteiger partial charge on any atom is -0.397 e. The topological polar surface area (TPSA) is 68.0 Å². The average Bonchev–Trinajstić information content (AvgIpc) is 2.70. The molecule has 0 fully saturated rings. The van der Waals surface area contributed by atoms with Gasteiger partial charge in [-0.15, -0.1) is 11.3 Å². The molecule has 0 saturated heterocycles. The van der Waals surface area contributed by atoms with Crippen molar-refractivity contribution < 1.29 is 4.79 Å². The highest BCUT2D eigenvalue weighted by molar-refractivity contribution is 9.10. The van der Waals surface area contributed by atoms with Crippen molar-refractivity contribution in [2.75, 3.05) is 11.1 Å². The molecule has 1 amide bonds. The Kier molecular flexibility index (Phi) is 3.66. The Balaban J connectivity index is 2.24. The van der Waals surface area contributed by atoms with Crippen molar-refractivity contribution >= 4 is 56.1 Å². The number of rotatable bonds is 2. The normalized spacial score (nSPS) is 10.2. The lowest BCUT2D eigenvalue weighted by molar-refractivity contribution is 0.103. The number of hydrogen-bond acceptors (Lipinski definition) is 4. The van der Waals surface area contributed by atoms with Gasteiger partial charge in [-0.25, -0.2) is 4.98 Å². The summed E-state index contributed by atoms with van der Waals surface area (Å²) in [5, 5.41) is 4.65. The first-order chi connectivity index (χ1) is 8.08. The fraction of sp³-hybridized carbons (Fsp3) is 0. The lowest BCUT2D eigenvalue weighted by Crippen LogP contribution is -2.12. The minimum absolute atomic E-state index is 0.233. The summed E-state index contributed by atoms with van der Waals surface area (Å²) >= 11 is 10.4. The number of nitrogens with two attached hydrogens (primary N) is 1. The zero-order valence-electron chi connectivity index (χ0n) is 8.41. The van der Waals surface area contributed by atoms with Crippen molar-refractivity contribution in [3.8, 4) is 0 Å². The highest BCUT2D eigenvalue weighted by Gasteiger charge is 2.13. The SMILES string of the molecule is Nc1ccsc1C(=O)Nc1cc(Br)cnc1Cl. The second-order valence-electron chi connectivity index (χ2n) is 3.15. The fourth-order valence-electron chi connectivity index (χ4n) is 1.19. The predicted molar refractivity (Wildman–Crippen MR) is 73.6 cm³/mol. The number of pyridine rings is 1. The van der Waals surface area contributed by atoms with Gasteiger partial charge in [-0.1, -0.05) is 11.6 Å². The predicted octanol–water partition coefficient (Wildman–Crippen LogP) is 3.39. The van der Waals surface area contributed by atoms with Crippen LogP contribution in [0, 0.1) is 0 Å². The molecule has 7 heteroatoms.